The van der Waals surface area contributed by atoms with Crippen molar-refractivity contribution in [2.24, 2.45) is 0 Å². The molecule has 0 aliphatic carbocycles. The highest BCUT2D eigenvalue weighted by molar-refractivity contribution is 6.30. The van der Waals surface area contributed by atoms with E-state index in [9.17, 15) is 13.2 Å². The fraction of sp³-hybridized carbons (Fsp3) is 0.250. The summed E-state index contributed by atoms with van der Waals surface area (Å²) in [7, 11) is 0. The molecule has 0 heterocycles. The maximum absolute atomic E-state index is 11.8. The predicted octanol–water partition coefficient (Wildman–Crippen LogP) is 3.44. The number of benzene rings is 1. The molecule has 4 heteroatoms. The van der Waals surface area contributed by atoms with Crippen LogP contribution in [0.15, 0.2) is 24.3 Å². The molecule has 66 valence electrons. The van der Waals surface area contributed by atoms with Gasteiger partial charge in [0, 0.05) is 5.02 Å². The Morgan fingerprint density at radius 1 is 1.08 bits per heavy atom. The van der Waals surface area contributed by atoms with Gasteiger partial charge in [-0.05, 0) is 17.7 Å². The van der Waals surface area contributed by atoms with Crippen molar-refractivity contribution < 1.29 is 13.2 Å². The molecule has 0 N–H and O–H groups in total. The first-order chi connectivity index (χ1) is 5.47. The first kappa shape index (κ1) is 9.39. The van der Waals surface area contributed by atoms with Crippen molar-refractivity contribution in [1.29, 1.82) is 0 Å². The van der Waals surface area contributed by atoms with Gasteiger partial charge in [0.1, 0.15) is 0 Å². The fourth-order valence-corrected chi connectivity index (χ4v) is 0.960. The fourth-order valence-electron chi connectivity index (χ4n) is 0.834. The largest absolute Gasteiger partial charge is 0.393 e. The molecule has 1 aromatic rings. The SMILES string of the molecule is FC(F)(F)Cc1ccc(Cl)cc1. The summed E-state index contributed by atoms with van der Waals surface area (Å²) >= 11 is 5.50. The van der Waals surface area contributed by atoms with E-state index in [0.29, 0.717) is 5.02 Å². The third kappa shape index (κ3) is 3.13. The molecule has 0 nitrogen and oxygen atoms in total. The molecule has 0 amide bonds. The summed E-state index contributed by atoms with van der Waals surface area (Å²) < 4.78 is 35.4. The minimum absolute atomic E-state index is 0.229. The van der Waals surface area contributed by atoms with E-state index in [-0.39, 0.29) is 5.56 Å². The molecule has 0 aromatic heterocycles. The number of rotatable bonds is 1. The highest BCUT2D eigenvalue weighted by Gasteiger charge is 2.27. The minimum atomic E-state index is -4.15. The summed E-state index contributed by atoms with van der Waals surface area (Å²) in [6, 6.07) is 5.64. The number of halogens is 4. The molecule has 0 aliphatic rings. The zero-order chi connectivity index (χ0) is 9.19. The molecule has 0 saturated carbocycles. The molecule has 0 saturated heterocycles. The normalized spacial score (nSPS) is 11.7. The van der Waals surface area contributed by atoms with E-state index in [1.165, 1.54) is 24.3 Å². The van der Waals surface area contributed by atoms with Gasteiger partial charge < -0.3 is 0 Å². The van der Waals surface area contributed by atoms with Gasteiger partial charge in [0.2, 0.25) is 0 Å². The van der Waals surface area contributed by atoms with E-state index in [4.69, 9.17) is 11.6 Å². The first-order valence-corrected chi connectivity index (χ1v) is 3.66. The van der Waals surface area contributed by atoms with Gasteiger partial charge in [-0.2, -0.15) is 13.2 Å². The summed E-state index contributed by atoms with van der Waals surface area (Å²) in [6.45, 7) is 0. The van der Waals surface area contributed by atoms with Gasteiger partial charge in [-0.25, -0.2) is 0 Å². The second-order valence-corrected chi connectivity index (χ2v) is 2.85. The number of hydrogen-bond acceptors (Lipinski definition) is 0. The highest BCUT2D eigenvalue weighted by Crippen LogP contribution is 2.21. The van der Waals surface area contributed by atoms with Crippen molar-refractivity contribution in [3.63, 3.8) is 0 Å². The number of alkyl halides is 3. The minimum Gasteiger partial charge on any atom is -0.171 e. The van der Waals surface area contributed by atoms with E-state index >= 15 is 0 Å². The molecule has 0 bridgehead atoms. The van der Waals surface area contributed by atoms with Gasteiger partial charge in [0.25, 0.3) is 0 Å². The van der Waals surface area contributed by atoms with Gasteiger partial charge in [-0.3, -0.25) is 0 Å². The van der Waals surface area contributed by atoms with Crippen LogP contribution in [0.25, 0.3) is 0 Å². The Kier molecular flexibility index (Phi) is 2.62. The Bertz CT molecular complexity index is 250. The van der Waals surface area contributed by atoms with E-state index in [1.807, 2.05) is 0 Å². The van der Waals surface area contributed by atoms with Crippen LogP contribution in [-0.2, 0) is 6.42 Å². The quantitative estimate of drug-likeness (QED) is 0.643. The zero-order valence-electron chi connectivity index (χ0n) is 6.03. The molecular formula is C8H6ClF3. The molecule has 0 atom stereocenters. The van der Waals surface area contributed by atoms with Gasteiger partial charge >= 0.3 is 6.18 Å². The van der Waals surface area contributed by atoms with Crippen LogP contribution in [0.3, 0.4) is 0 Å². The van der Waals surface area contributed by atoms with Crippen LogP contribution in [0.5, 0.6) is 0 Å². The maximum Gasteiger partial charge on any atom is 0.393 e. The van der Waals surface area contributed by atoms with Crippen molar-refractivity contribution in [2.45, 2.75) is 12.6 Å². The third-order valence-electron chi connectivity index (χ3n) is 1.32. The van der Waals surface area contributed by atoms with Crippen molar-refractivity contribution in [3.8, 4) is 0 Å². The first-order valence-electron chi connectivity index (χ1n) is 3.28. The van der Waals surface area contributed by atoms with Crippen LogP contribution >= 0.6 is 11.6 Å². The summed E-state index contributed by atoms with van der Waals surface area (Å²) in [5.74, 6) is 0. The van der Waals surface area contributed by atoms with Crippen molar-refractivity contribution in [2.75, 3.05) is 0 Å². The Morgan fingerprint density at radius 2 is 1.58 bits per heavy atom. The van der Waals surface area contributed by atoms with Gasteiger partial charge in [0.15, 0.2) is 0 Å². The maximum atomic E-state index is 11.8. The Labute approximate surface area is 73.0 Å². The van der Waals surface area contributed by atoms with Gasteiger partial charge in [-0.15, -0.1) is 0 Å². The average Bonchev–Trinajstić information content (AvgIpc) is 1.91. The molecule has 0 unspecified atom stereocenters. The summed E-state index contributed by atoms with van der Waals surface area (Å²) in [5.41, 5.74) is 0.229. The molecule has 1 aromatic carbocycles. The second kappa shape index (κ2) is 3.35. The van der Waals surface area contributed by atoms with E-state index in [0.717, 1.165) is 0 Å². The highest BCUT2D eigenvalue weighted by atomic mass is 35.5. The van der Waals surface area contributed by atoms with Crippen molar-refractivity contribution in [1.82, 2.24) is 0 Å². The lowest BCUT2D eigenvalue weighted by atomic mass is 10.1. The molecule has 0 spiro atoms. The average molecular weight is 195 g/mol. The lowest BCUT2D eigenvalue weighted by molar-refractivity contribution is -0.127. The zero-order valence-corrected chi connectivity index (χ0v) is 6.78. The summed E-state index contributed by atoms with van der Waals surface area (Å²) in [6.07, 6.45) is -5.04. The van der Waals surface area contributed by atoms with Crippen molar-refractivity contribution in [3.05, 3.63) is 34.9 Å². The van der Waals surface area contributed by atoms with E-state index in [2.05, 4.69) is 0 Å². The standard InChI is InChI=1S/C8H6ClF3/c9-7-3-1-6(2-4-7)5-8(10,11)12/h1-4H,5H2. The van der Waals surface area contributed by atoms with E-state index in [1.54, 1.807) is 0 Å². The van der Waals surface area contributed by atoms with Crippen LogP contribution in [0.2, 0.25) is 5.02 Å². The third-order valence-corrected chi connectivity index (χ3v) is 1.57. The van der Waals surface area contributed by atoms with Crippen LogP contribution < -0.4 is 0 Å². The molecule has 1 rings (SSSR count). The number of hydrogen-bond donors (Lipinski definition) is 0. The van der Waals surface area contributed by atoms with Crippen molar-refractivity contribution >= 4 is 11.6 Å². The van der Waals surface area contributed by atoms with Gasteiger partial charge in [0.05, 0.1) is 6.42 Å². The van der Waals surface area contributed by atoms with Crippen LogP contribution in [0.4, 0.5) is 13.2 Å². The van der Waals surface area contributed by atoms with Crippen LogP contribution in [0.1, 0.15) is 5.56 Å². The molecule has 0 aliphatic heterocycles. The monoisotopic (exact) mass is 194 g/mol. The molecule has 12 heavy (non-hydrogen) atoms. The van der Waals surface area contributed by atoms with Crippen LogP contribution in [0, 0.1) is 0 Å². The Hall–Kier alpha value is -0.700. The lowest BCUT2D eigenvalue weighted by Gasteiger charge is -2.05. The van der Waals surface area contributed by atoms with Gasteiger partial charge in [-0.1, -0.05) is 23.7 Å². The van der Waals surface area contributed by atoms with E-state index < -0.39 is 12.6 Å². The smallest absolute Gasteiger partial charge is 0.171 e. The molecular weight excluding hydrogens is 189 g/mol. The summed E-state index contributed by atoms with van der Waals surface area (Å²) in [5, 5.41) is 0.445. The molecule has 0 radical (unpaired) electrons. The Morgan fingerprint density at radius 3 is 2.00 bits per heavy atom. The van der Waals surface area contributed by atoms with Crippen LogP contribution in [-0.4, -0.2) is 6.18 Å². The Balaban J connectivity index is 2.71. The second-order valence-electron chi connectivity index (χ2n) is 2.42. The molecule has 0 fully saturated rings. The predicted molar refractivity (Wildman–Crippen MR) is 41.2 cm³/mol. The lowest BCUT2D eigenvalue weighted by Crippen LogP contribution is -2.11. The summed E-state index contributed by atoms with van der Waals surface area (Å²) in [4.78, 5) is 0. The topological polar surface area (TPSA) is 0 Å².